The van der Waals surface area contributed by atoms with Gasteiger partial charge in [-0.2, -0.15) is 0 Å². The van der Waals surface area contributed by atoms with Crippen molar-refractivity contribution in [2.24, 2.45) is 10.9 Å². The third kappa shape index (κ3) is 3.48. The molecule has 5 rings (SSSR count). The van der Waals surface area contributed by atoms with Gasteiger partial charge in [-0.05, 0) is 42.9 Å². The molecular weight excluding hydrogens is 370 g/mol. The minimum absolute atomic E-state index is 0.0904. The summed E-state index contributed by atoms with van der Waals surface area (Å²) in [4.78, 5) is 17.6. The molecule has 150 valence electrons. The summed E-state index contributed by atoms with van der Waals surface area (Å²) in [5.74, 6) is 8.26. The van der Waals surface area contributed by atoms with Crippen molar-refractivity contribution < 1.29 is 9.53 Å². The number of carbonyl (C=O) groups is 1. The van der Waals surface area contributed by atoms with Gasteiger partial charge in [0.05, 0.1) is 23.4 Å². The van der Waals surface area contributed by atoms with Gasteiger partial charge in [-0.1, -0.05) is 61.4 Å². The fourth-order valence-electron chi connectivity index (χ4n) is 4.59. The van der Waals surface area contributed by atoms with Crippen LogP contribution in [0.15, 0.2) is 53.2 Å². The summed E-state index contributed by atoms with van der Waals surface area (Å²) in [6.07, 6.45) is 9.28. The third-order valence-corrected chi connectivity index (χ3v) is 6.36. The number of fused-ring (bicyclic) bond motifs is 2. The summed E-state index contributed by atoms with van der Waals surface area (Å²) >= 11 is 0. The zero-order chi connectivity index (χ0) is 20.5. The number of benzene rings is 2. The summed E-state index contributed by atoms with van der Waals surface area (Å²) in [5.41, 5.74) is 5.54. The van der Waals surface area contributed by atoms with Gasteiger partial charge < -0.3 is 4.74 Å². The quantitative estimate of drug-likeness (QED) is 0.478. The molecule has 2 aromatic rings. The SMILES string of the molecule is Cc1ccc2c(c1C#CCC1CCCCC1)O/C(=C\C1=NCc3ccccc31)C2=O. The van der Waals surface area contributed by atoms with Gasteiger partial charge in [-0.15, -0.1) is 0 Å². The second kappa shape index (κ2) is 7.95. The predicted octanol–water partition coefficient (Wildman–Crippen LogP) is 5.78. The van der Waals surface area contributed by atoms with Crippen LogP contribution in [-0.4, -0.2) is 11.5 Å². The summed E-state index contributed by atoms with van der Waals surface area (Å²) in [5, 5.41) is 0. The lowest BCUT2D eigenvalue weighted by molar-refractivity contribution is 0.101. The Hall–Kier alpha value is -3.12. The highest BCUT2D eigenvalue weighted by molar-refractivity contribution is 6.19. The fraction of sp³-hybridized carbons (Fsp3) is 0.333. The molecule has 0 aromatic heterocycles. The van der Waals surface area contributed by atoms with Crippen molar-refractivity contribution in [2.75, 3.05) is 0 Å². The molecule has 0 bridgehead atoms. The molecule has 30 heavy (non-hydrogen) atoms. The van der Waals surface area contributed by atoms with E-state index in [1.165, 1.54) is 37.7 Å². The largest absolute Gasteiger partial charge is 0.451 e. The van der Waals surface area contributed by atoms with E-state index in [0.29, 0.717) is 29.5 Å². The summed E-state index contributed by atoms with van der Waals surface area (Å²) in [6.45, 7) is 2.67. The van der Waals surface area contributed by atoms with E-state index in [4.69, 9.17) is 4.74 Å². The second-order valence-electron chi connectivity index (χ2n) is 8.44. The smallest absolute Gasteiger partial charge is 0.232 e. The van der Waals surface area contributed by atoms with E-state index >= 15 is 0 Å². The molecule has 3 nitrogen and oxygen atoms in total. The molecular formula is C27H25NO2. The molecule has 0 amide bonds. The molecule has 2 aromatic carbocycles. The van der Waals surface area contributed by atoms with Crippen molar-refractivity contribution in [1.82, 2.24) is 0 Å². The van der Waals surface area contributed by atoms with Gasteiger partial charge in [0.2, 0.25) is 5.78 Å². The molecule has 2 aliphatic heterocycles. The van der Waals surface area contributed by atoms with E-state index in [9.17, 15) is 4.79 Å². The Kier molecular flexibility index (Phi) is 5.01. The number of rotatable bonds is 2. The topological polar surface area (TPSA) is 38.7 Å². The van der Waals surface area contributed by atoms with E-state index in [-0.39, 0.29) is 5.78 Å². The minimum atomic E-state index is -0.0904. The summed E-state index contributed by atoms with van der Waals surface area (Å²) in [7, 11) is 0. The number of aryl methyl sites for hydroxylation is 1. The van der Waals surface area contributed by atoms with Gasteiger partial charge in [0.25, 0.3) is 0 Å². The lowest BCUT2D eigenvalue weighted by Crippen LogP contribution is -2.04. The molecule has 3 heteroatoms. The van der Waals surface area contributed by atoms with Crippen LogP contribution in [0, 0.1) is 24.7 Å². The Morgan fingerprint density at radius 3 is 2.80 bits per heavy atom. The van der Waals surface area contributed by atoms with Crippen molar-refractivity contribution in [3.8, 4) is 17.6 Å². The van der Waals surface area contributed by atoms with Crippen molar-refractivity contribution in [1.29, 1.82) is 0 Å². The number of Topliss-reactive ketones (excluding diaryl/α,β-unsaturated/α-hetero) is 1. The number of carbonyl (C=O) groups excluding carboxylic acids is 1. The van der Waals surface area contributed by atoms with Crippen LogP contribution in [-0.2, 0) is 6.54 Å². The van der Waals surface area contributed by atoms with Crippen LogP contribution in [0.1, 0.15) is 71.1 Å². The normalized spacial score (nSPS) is 19.0. The van der Waals surface area contributed by atoms with Gasteiger partial charge in [-0.3, -0.25) is 9.79 Å². The molecule has 0 N–H and O–H groups in total. The zero-order valence-corrected chi connectivity index (χ0v) is 17.3. The van der Waals surface area contributed by atoms with Crippen LogP contribution in [0.5, 0.6) is 5.75 Å². The lowest BCUT2D eigenvalue weighted by atomic mass is 9.87. The number of ketones is 1. The van der Waals surface area contributed by atoms with E-state index in [0.717, 1.165) is 28.8 Å². The predicted molar refractivity (Wildman–Crippen MR) is 119 cm³/mol. The molecule has 0 spiro atoms. The number of ether oxygens (including phenoxy) is 1. The first-order chi connectivity index (χ1) is 14.7. The van der Waals surface area contributed by atoms with E-state index in [1.807, 2.05) is 37.3 Å². The zero-order valence-electron chi connectivity index (χ0n) is 17.3. The fourth-order valence-corrected chi connectivity index (χ4v) is 4.59. The Morgan fingerprint density at radius 2 is 1.93 bits per heavy atom. The van der Waals surface area contributed by atoms with Crippen molar-refractivity contribution in [2.45, 2.75) is 52.0 Å². The first-order valence-electron chi connectivity index (χ1n) is 10.9. The number of hydrogen-bond donors (Lipinski definition) is 0. The maximum absolute atomic E-state index is 13.0. The first kappa shape index (κ1) is 18.9. The van der Waals surface area contributed by atoms with Crippen LogP contribution in [0.25, 0.3) is 0 Å². The van der Waals surface area contributed by atoms with Crippen LogP contribution in [0.3, 0.4) is 0 Å². The number of allylic oxidation sites excluding steroid dienone is 2. The lowest BCUT2D eigenvalue weighted by Gasteiger charge is -2.18. The van der Waals surface area contributed by atoms with Crippen LogP contribution < -0.4 is 4.74 Å². The molecule has 1 fully saturated rings. The minimum Gasteiger partial charge on any atom is -0.451 e. The Labute approximate surface area is 177 Å². The average molecular weight is 396 g/mol. The van der Waals surface area contributed by atoms with Crippen molar-refractivity contribution in [3.63, 3.8) is 0 Å². The Bertz CT molecular complexity index is 1140. The monoisotopic (exact) mass is 395 g/mol. The van der Waals surface area contributed by atoms with Crippen LogP contribution >= 0.6 is 0 Å². The molecule has 0 radical (unpaired) electrons. The summed E-state index contributed by atoms with van der Waals surface area (Å²) < 4.78 is 6.08. The number of nitrogens with zero attached hydrogens (tertiary/aromatic N) is 1. The average Bonchev–Trinajstić information content (AvgIpc) is 3.32. The molecule has 0 atom stereocenters. The van der Waals surface area contributed by atoms with Crippen molar-refractivity contribution >= 4 is 11.5 Å². The highest BCUT2D eigenvalue weighted by atomic mass is 16.5. The van der Waals surface area contributed by atoms with Gasteiger partial charge in [0.15, 0.2) is 11.5 Å². The van der Waals surface area contributed by atoms with Gasteiger partial charge in [-0.25, -0.2) is 0 Å². The van der Waals surface area contributed by atoms with E-state index in [2.05, 4.69) is 22.9 Å². The molecule has 0 saturated heterocycles. The van der Waals surface area contributed by atoms with E-state index < -0.39 is 0 Å². The maximum atomic E-state index is 13.0. The Morgan fingerprint density at radius 1 is 1.10 bits per heavy atom. The maximum Gasteiger partial charge on any atom is 0.232 e. The van der Waals surface area contributed by atoms with Crippen LogP contribution in [0.2, 0.25) is 0 Å². The molecule has 1 aliphatic carbocycles. The number of aliphatic imine (C=N–C) groups is 1. The van der Waals surface area contributed by atoms with E-state index in [1.54, 1.807) is 6.08 Å². The van der Waals surface area contributed by atoms with Gasteiger partial charge in [0.1, 0.15) is 0 Å². The second-order valence-corrected chi connectivity index (χ2v) is 8.44. The highest BCUT2D eigenvalue weighted by Gasteiger charge is 2.31. The van der Waals surface area contributed by atoms with Gasteiger partial charge in [0, 0.05) is 18.1 Å². The summed E-state index contributed by atoms with van der Waals surface area (Å²) in [6, 6.07) is 11.9. The van der Waals surface area contributed by atoms with Crippen LogP contribution in [0.4, 0.5) is 0 Å². The molecule has 3 aliphatic rings. The molecule has 1 saturated carbocycles. The first-order valence-corrected chi connectivity index (χ1v) is 10.9. The number of hydrogen-bond acceptors (Lipinski definition) is 3. The molecule has 2 heterocycles. The Balaban J connectivity index is 1.42. The standard InChI is InChI=1S/C27H25NO2/c1-18-14-15-23-26(29)25(16-24-22-12-6-5-11-20(22)17-28-24)30-27(23)21(18)13-7-10-19-8-3-2-4-9-19/h5-6,11-12,14-16,19H,2-4,8-10,17H2,1H3/b25-16-. The molecule has 0 unspecified atom stereocenters. The van der Waals surface area contributed by atoms with Gasteiger partial charge >= 0.3 is 0 Å². The highest BCUT2D eigenvalue weighted by Crippen LogP contribution is 2.36. The third-order valence-electron chi connectivity index (χ3n) is 6.36. The van der Waals surface area contributed by atoms with Crippen molar-refractivity contribution in [3.05, 3.63) is 76.1 Å².